The summed E-state index contributed by atoms with van der Waals surface area (Å²) in [5.74, 6) is 0.0981. The average Bonchev–Trinajstić information content (AvgIpc) is 2.27. The van der Waals surface area contributed by atoms with Crippen LogP contribution in [-0.2, 0) is 9.53 Å². The molecule has 1 aliphatic heterocycles. The minimum absolute atomic E-state index is 0. The van der Waals surface area contributed by atoms with Crippen molar-refractivity contribution in [2.24, 2.45) is 5.73 Å². The van der Waals surface area contributed by atoms with Crippen LogP contribution in [0.4, 0.5) is 0 Å². The van der Waals surface area contributed by atoms with E-state index < -0.39 is 0 Å². The van der Waals surface area contributed by atoms with E-state index in [0.717, 1.165) is 25.9 Å². The van der Waals surface area contributed by atoms with Gasteiger partial charge in [0.25, 0.3) is 0 Å². The molecule has 0 unspecified atom stereocenters. The molecule has 0 aliphatic carbocycles. The number of ether oxygens (including phenoxy) is 1. The average molecular weight is 209 g/mol. The predicted molar refractivity (Wildman–Crippen MR) is 52.9 cm³/mol. The van der Waals surface area contributed by atoms with Crippen LogP contribution in [0.15, 0.2) is 0 Å². The van der Waals surface area contributed by atoms with E-state index in [0.29, 0.717) is 13.2 Å². The summed E-state index contributed by atoms with van der Waals surface area (Å²) >= 11 is 0. The van der Waals surface area contributed by atoms with Crippen LogP contribution in [-0.4, -0.2) is 43.7 Å². The maximum Gasteiger partial charge on any atom is 0.248 e. The van der Waals surface area contributed by atoms with Crippen molar-refractivity contribution >= 4 is 18.3 Å². The summed E-state index contributed by atoms with van der Waals surface area (Å²) in [6, 6.07) is 0. The molecule has 2 N–H and O–H groups in total. The van der Waals surface area contributed by atoms with Gasteiger partial charge in [-0.25, -0.2) is 0 Å². The third kappa shape index (κ3) is 4.45. The highest BCUT2D eigenvalue weighted by Crippen LogP contribution is 2.00. The van der Waals surface area contributed by atoms with E-state index in [-0.39, 0.29) is 24.9 Å². The molecule has 0 atom stereocenters. The first-order valence-corrected chi connectivity index (χ1v) is 4.40. The fourth-order valence-electron chi connectivity index (χ4n) is 1.25. The van der Waals surface area contributed by atoms with Crippen molar-refractivity contribution < 1.29 is 9.53 Å². The summed E-state index contributed by atoms with van der Waals surface area (Å²) in [6.45, 7) is 3.18. The molecule has 78 valence electrons. The number of hydrogen-bond donors (Lipinski definition) is 1. The first-order chi connectivity index (χ1) is 5.84. The van der Waals surface area contributed by atoms with Crippen LogP contribution in [0.2, 0.25) is 0 Å². The molecule has 1 heterocycles. The zero-order valence-corrected chi connectivity index (χ0v) is 8.52. The highest BCUT2D eigenvalue weighted by Gasteiger charge is 2.15. The highest BCUT2D eigenvalue weighted by molar-refractivity contribution is 5.85. The van der Waals surface area contributed by atoms with E-state index in [2.05, 4.69) is 0 Å². The largest absolute Gasteiger partial charge is 0.372 e. The van der Waals surface area contributed by atoms with Crippen LogP contribution in [0.3, 0.4) is 0 Å². The normalized spacial score (nSPS) is 17.9. The first-order valence-electron chi connectivity index (χ1n) is 4.40. The fourth-order valence-corrected chi connectivity index (χ4v) is 1.25. The Morgan fingerprint density at radius 3 is 3.00 bits per heavy atom. The van der Waals surface area contributed by atoms with Gasteiger partial charge in [-0.05, 0) is 19.4 Å². The molecule has 0 aromatic carbocycles. The van der Waals surface area contributed by atoms with Gasteiger partial charge in [-0.1, -0.05) is 0 Å². The summed E-state index contributed by atoms with van der Waals surface area (Å²) in [7, 11) is 0. The van der Waals surface area contributed by atoms with Gasteiger partial charge in [0.05, 0.1) is 0 Å². The summed E-state index contributed by atoms with van der Waals surface area (Å²) in [6.07, 6.45) is 1.82. The lowest BCUT2D eigenvalue weighted by atomic mass is 10.3. The van der Waals surface area contributed by atoms with Crippen molar-refractivity contribution in [3.8, 4) is 0 Å². The van der Waals surface area contributed by atoms with Crippen molar-refractivity contribution in [3.05, 3.63) is 0 Å². The van der Waals surface area contributed by atoms with E-state index in [9.17, 15) is 4.79 Å². The van der Waals surface area contributed by atoms with Crippen LogP contribution in [0.1, 0.15) is 12.8 Å². The molecule has 5 heteroatoms. The monoisotopic (exact) mass is 208 g/mol. The number of nitrogens with two attached hydrogens (primary N) is 1. The Morgan fingerprint density at radius 2 is 2.31 bits per heavy atom. The second-order valence-electron chi connectivity index (χ2n) is 2.93. The number of halogens is 1. The second kappa shape index (κ2) is 7.12. The van der Waals surface area contributed by atoms with Gasteiger partial charge in [0, 0.05) is 19.7 Å². The van der Waals surface area contributed by atoms with Crippen LogP contribution < -0.4 is 5.73 Å². The molecule has 1 rings (SSSR count). The molecule has 1 aliphatic rings. The van der Waals surface area contributed by atoms with E-state index in [4.69, 9.17) is 10.5 Å². The van der Waals surface area contributed by atoms with Crippen molar-refractivity contribution in [2.75, 3.05) is 32.8 Å². The van der Waals surface area contributed by atoms with Crippen LogP contribution in [0.25, 0.3) is 0 Å². The minimum atomic E-state index is 0. The maximum absolute atomic E-state index is 11.3. The molecule has 0 bridgehead atoms. The third-order valence-corrected chi connectivity index (χ3v) is 1.93. The van der Waals surface area contributed by atoms with Crippen molar-refractivity contribution in [2.45, 2.75) is 12.8 Å². The Kier molecular flexibility index (Phi) is 6.94. The Hall–Kier alpha value is -0.320. The second-order valence-corrected chi connectivity index (χ2v) is 2.93. The van der Waals surface area contributed by atoms with Crippen molar-refractivity contribution in [3.63, 3.8) is 0 Å². The Morgan fingerprint density at radius 1 is 1.54 bits per heavy atom. The van der Waals surface area contributed by atoms with Gasteiger partial charge in [-0.2, -0.15) is 0 Å². The molecular weight excluding hydrogens is 192 g/mol. The van der Waals surface area contributed by atoms with Gasteiger partial charge < -0.3 is 15.4 Å². The third-order valence-electron chi connectivity index (χ3n) is 1.93. The predicted octanol–water partition coefficient (Wildman–Crippen LogP) is 0.00590. The van der Waals surface area contributed by atoms with Gasteiger partial charge in [0.1, 0.15) is 6.61 Å². The molecular formula is C8H17ClN2O2. The molecule has 0 spiro atoms. The number of hydrogen-bond acceptors (Lipinski definition) is 3. The number of rotatable bonds is 3. The lowest BCUT2D eigenvalue weighted by molar-refractivity contribution is -0.133. The van der Waals surface area contributed by atoms with Crippen LogP contribution in [0, 0.1) is 0 Å². The molecule has 0 aromatic heterocycles. The highest BCUT2D eigenvalue weighted by atomic mass is 35.5. The van der Waals surface area contributed by atoms with Crippen molar-refractivity contribution in [1.29, 1.82) is 0 Å². The van der Waals surface area contributed by atoms with E-state index in [1.54, 1.807) is 0 Å². The number of amides is 1. The number of carbonyl (C=O) groups is 1. The Labute approximate surface area is 84.8 Å². The van der Waals surface area contributed by atoms with Gasteiger partial charge in [-0.3, -0.25) is 4.79 Å². The molecule has 0 radical (unpaired) electrons. The van der Waals surface area contributed by atoms with Gasteiger partial charge >= 0.3 is 0 Å². The molecule has 0 saturated carbocycles. The Balaban J connectivity index is 0.00000144. The molecule has 1 amide bonds. The first kappa shape index (κ1) is 12.7. The molecule has 1 saturated heterocycles. The van der Waals surface area contributed by atoms with Crippen molar-refractivity contribution in [1.82, 2.24) is 4.90 Å². The van der Waals surface area contributed by atoms with Gasteiger partial charge in [-0.15, -0.1) is 12.4 Å². The maximum atomic E-state index is 11.3. The lowest BCUT2D eigenvalue weighted by Crippen LogP contribution is -2.34. The zero-order chi connectivity index (χ0) is 8.81. The summed E-state index contributed by atoms with van der Waals surface area (Å²) in [4.78, 5) is 13.1. The molecule has 1 fully saturated rings. The van der Waals surface area contributed by atoms with Crippen LogP contribution >= 0.6 is 12.4 Å². The molecule has 13 heavy (non-hydrogen) atoms. The van der Waals surface area contributed by atoms with E-state index in [1.165, 1.54) is 0 Å². The fraction of sp³-hybridized carbons (Fsp3) is 0.875. The van der Waals surface area contributed by atoms with E-state index >= 15 is 0 Å². The quantitative estimate of drug-likeness (QED) is 0.711. The smallest absolute Gasteiger partial charge is 0.248 e. The molecule has 0 aromatic rings. The number of nitrogens with zero attached hydrogens (tertiary/aromatic N) is 1. The van der Waals surface area contributed by atoms with Crippen LogP contribution in [0.5, 0.6) is 0 Å². The van der Waals surface area contributed by atoms with Gasteiger partial charge in [0.2, 0.25) is 5.91 Å². The van der Waals surface area contributed by atoms with Gasteiger partial charge in [0.15, 0.2) is 0 Å². The number of carbonyl (C=O) groups excluding carboxylic acids is 1. The summed E-state index contributed by atoms with van der Waals surface area (Å²) < 4.78 is 5.09. The minimum Gasteiger partial charge on any atom is -0.372 e. The van der Waals surface area contributed by atoms with E-state index in [1.807, 2.05) is 4.90 Å². The lowest BCUT2D eigenvalue weighted by Gasteiger charge is -2.18. The molecule has 4 nitrogen and oxygen atoms in total. The summed E-state index contributed by atoms with van der Waals surface area (Å²) in [5.41, 5.74) is 5.36. The topological polar surface area (TPSA) is 55.6 Å². The Bertz CT molecular complexity index is 155. The summed E-state index contributed by atoms with van der Waals surface area (Å²) in [5, 5.41) is 0. The SMILES string of the molecule is Cl.NCCCN1CCCOCC1=O. The standard InChI is InChI=1S/C8H16N2O2.ClH/c9-3-1-4-10-5-2-6-12-7-8(10)11;/h1-7,9H2;1H. The zero-order valence-electron chi connectivity index (χ0n) is 7.70.